The van der Waals surface area contributed by atoms with Gasteiger partial charge in [0.05, 0.1) is 0 Å². The van der Waals surface area contributed by atoms with Gasteiger partial charge in [-0.3, -0.25) is 4.79 Å². The van der Waals surface area contributed by atoms with Crippen LogP contribution in [0.1, 0.15) is 43.1 Å². The Morgan fingerprint density at radius 3 is 2.57 bits per heavy atom. The van der Waals surface area contributed by atoms with Crippen LogP contribution in [-0.4, -0.2) is 46.1 Å². The van der Waals surface area contributed by atoms with Crippen molar-refractivity contribution in [1.29, 1.82) is 0 Å². The van der Waals surface area contributed by atoms with Crippen molar-refractivity contribution < 1.29 is 19.4 Å². The van der Waals surface area contributed by atoms with Gasteiger partial charge >= 0.3 is 5.97 Å². The van der Waals surface area contributed by atoms with Crippen LogP contribution < -0.4 is 4.74 Å². The van der Waals surface area contributed by atoms with E-state index in [1.165, 1.54) is 12.3 Å². The molecule has 1 unspecified atom stereocenters. The summed E-state index contributed by atoms with van der Waals surface area (Å²) in [7, 11) is 0. The van der Waals surface area contributed by atoms with E-state index in [0.717, 1.165) is 38.8 Å². The smallest absolute Gasteiger partial charge is 0.358 e. The molecule has 0 aromatic carbocycles. The second-order valence-electron chi connectivity index (χ2n) is 5.15. The number of carbonyl (C=O) groups is 2. The second kappa shape index (κ2) is 7.06. The highest BCUT2D eigenvalue weighted by atomic mass is 16.5. The standard InChI is InChI=1S/C15H20N2O4/c1-11(14(18)17-9-4-2-3-5-10-17)21-12-7-6-8-16-13(12)15(19)20/h6-8,11H,2-5,9-10H2,1H3,(H,19,20). The molecule has 2 heterocycles. The molecule has 1 aromatic heterocycles. The minimum Gasteiger partial charge on any atom is -0.478 e. The van der Waals surface area contributed by atoms with Gasteiger partial charge in [0, 0.05) is 19.3 Å². The van der Waals surface area contributed by atoms with Gasteiger partial charge in [0.25, 0.3) is 5.91 Å². The third-order valence-electron chi connectivity index (χ3n) is 3.54. The molecule has 21 heavy (non-hydrogen) atoms. The third-order valence-corrected chi connectivity index (χ3v) is 3.54. The van der Waals surface area contributed by atoms with Crippen LogP contribution in [0.25, 0.3) is 0 Å². The minimum absolute atomic E-state index is 0.0999. The number of carbonyl (C=O) groups excluding carboxylic acids is 1. The number of rotatable bonds is 4. The normalized spacial score (nSPS) is 16.9. The lowest BCUT2D eigenvalue weighted by Crippen LogP contribution is -2.41. The number of hydrogen-bond donors (Lipinski definition) is 1. The zero-order chi connectivity index (χ0) is 15.2. The Morgan fingerprint density at radius 2 is 1.95 bits per heavy atom. The Morgan fingerprint density at radius 1 is 1.29 bits per heavy atom. The lowest BCUT2D eigenvalue weighted by Gasteiger charge is -2.24. The molecule has 1 atom stereocenters. The zero-order valence-corrected chi connectivity index (χ0v) is 12.1. The number of carboxylic acids is 1. The van der Waals surface area contributed by atoms with Crippen LogP contribution in [0.5, 0.6) is 5.75 Å². The zero-order valence-electron chi connectivity index (χ0n) is 12.1. The van der Waals surface area contributed by atoms with E-state index in [-0.39, 0.29) is 17.4 Å². The molecule has 1 N–H and O–H groups in total. The summed E-state index contributed by atoms with van der Waals surface area (Å²) in [6.07, 6.45) is 4.97. The quantitative estimate of drug-likeness (QED) is 0.917. The molecule has 114 valence electrons. The van der Waals surface area contributed by atoms with Gasteiger partial charge in [0.2, 0.25) is 0 Å². The molecular weight excluding hydrogens is 272 g/mol. The van der Waals surface area contributed by atoms with Crippen LogP contribution >= 0.6 is 0 Å². The molecule has 0 radical (unpaired) electrons. The van der Waals surface area contributed by atoms with Crippen LogP contribution in [0, 0.1) is 0 Å². The van der Waals surface area contributed by atoms with Gasteiger partial charge in [0.15, 0.2) is 17.5 Å². The predicted octanol–water partition coefficient (Wildman–Crippen LogP) is 1.95. The van der Waals surface area contributed by atoms with Crippen molar-refractivity contribution in [2.45, 2.75) is 38.7 Å². The number of pyridine rings is 1. The molecule has 1 aliphatic rings. The van der Waals surface area contributed by atoms with E-state index in [0.29, 0.717) is 0 Å². The lowest BCUT2D eigenvalue weighted by molar-refractivity contribution is -0.137. The summed E-state index contributed by atoms with van der Waals surface area (Å²) in [5.41, 5.74) is -0.173. The van der Waals surface area contributed by atoms with Gasteiger partial charge in [-0.2, -0.15) is 0 Å². The Labute approximate surface area is 123 Å². The maximum absolute atomic E-state index is 12.4. The summed E-state index contributed by atoms with van der Waals surface area (Å²) in [5.74, 6) is -1.14. The van der Waals surface area contributed by atoms with E-state index in [1.54, 1.807) is 17.9 Å². The van der Waals surface area contributed by atoms with Crippen LogP contribution in [0.4, 0.5) is 0 Å². The number of likely N-dealkylation sites (tertiary alicyclic amines) is 1. The Bertz CT molecular complexity index is 510. The SMILES string of the molecule is CC(Oc1cccnc1C(=O)O)C(=O)N1CCCCCC1. The summed E-state index contributed by atoms with van der Waals surface area (Å²) < 4.78 is 5.53. The molecule has 1 amide bonds. The monoisotopic (exact) mass is 292 g/mol. The molecule has 0 aliphatic carbocycles. The van der Waals surface area contributed by atoms with Gasteiger partial charge < -0.3 is 14.7 Å². The maximum atomic E-state index is 12.4. The first kappa shape index (κ1) is 15.3. The van der Waals surface area contributed by atoms with Crippen molar-refractivity contribution in [3.05, 3.63) is 24.0 Å². The molecule has 1 fully saturated rings. The van der Waals surface area contributed by atoms with Crippen molar-refractivity contribution in [1.82, 2.24) is 9.88 Å². The summed E-state index contributed by atoms with van der Waals surface area (Å²) in [4.78, 5) is 29.0. The highest BCUT2D eigenvalue weighted by Crippen LogP contribution is 2.18. The van der Waals surface area contributed by atoms with Crippen molar-refractivity contribution in [2.24, 2.45) is 0 Å². The lowest BCUT2D eigenvalue weighted by atomic mass is 10.2. The molecule has 6 nitrogen and oxygen atoms in total. The average Bonchev–Trinajstić information content (AvgIpc) is 2.75. The van der Waals surface area contributed by atoms with Crippen LogP contribution in [0.15, 0.2) is 18.3 Å². The van der Waals surface area contributed by atoms with Gasteiger partial charge in [-0.1, -0.05) is 12.8 Å². The number of nitrogens with zero attached hydrogens (tertiary/aromatic N) is 2. The number of aromatic carboxylic acids is 1. The Balaban J connectivity index is 2.05. The second-order valence-corrected chi connectivity index (χ2v) is 5.15. The van der Waals surface area contributed by atoms with E-state index in [4.69, 9.17) is 9.84 Å². The van der Waals surface area contributed by atoms with E-state index >= 15 is 0 Å². The van der Waals surface area contributed by atoms with Crippen LogP contribution in [-0.2, 0) is 4.79 Å². The first-order chi connectivity index (χ1) is 10.1. The van der Waals surface area contributed by atoms with E-state index in [1.807, 2.05) is 0 Å². The van der Waals surface area contributed by atoms with Crippen LogP contribution in [0.2, 0.25) is 0 Å². The van der Waals surface area contributed by atoms with Gasteiger partial charge in [-0.15, -0.1) is 0 Å². The predicted molar refractivity (Wildman–Crippen MR) is 76.3 cm³/mol. The Hall–Kier alpha value is -2.11. The summed E-state index contributed by atoms with van der Waals surface area (Å²) in [6.45, 7) is 3.13. The summed E-state index contributed by atoms with van der Waals surface area (Å²) >= 11 is 0. The highest BCUT2D eigenvalue weighted by Gasteiger charge is 2.24. The van der Waals surface area contributed by atoms with E-state index < -0.39 is 12.1 Å². The van der Waals surface area contributed by atoms with Gasteiger partial charge in [-0.25, -0.2) is 9.78 Å². The topological polar surface area (TPSA) is 79.7 Å². The maximum Gasteiger partial charge on any atom is 0.358 e. The fourth-order valence-corrected chi connectivity index (χ4v) is 2.44. The molecule has 0 bridgehead atoms. The number of aromatic nitrogens is 1. The summed E-state index contributed by atoms with van der Waals surface area (Å²) in [6, 6.07) is 3.10. The van der Waals surface area contributed by atoms with Crippen molar-refractivity contribution in [2.75, 3.05) is 13.1 Å². The molecule has 1 aliphatic heterocycles. The van der Waals surface area contributed by atoms with Gasteiger partial charge in [0.1, 0.15) is 0 Å². The van der Waals surface area contributed by atoms with Gasteiger partial charge in [-0.05, 0) is 31.9 Å². The molecule has 0 saturated carbocycles. The minimum atomic E-state index is -1.17. The van der Waals surface area contributed by atoms with Crippen LogP contribution in [0.3, 0.4) is 0 Å². The van der Waals surface area contributed by atoms with E-state index in [9.17, 15) is 9.59 Å². The van der Waals surface area contributed by atoms with Crippen molar-refractivity contribution in [3.63, 3.8) is 0 Å². The van der Waals surface area contributed by atoms with E-state index in [2.05, 4.69) is 4.98 Å². The molecular formula is C15H20N2O4. The van der Waals surface area contributed by atoms with Crippen molar-refractivity contribution in [3.8, 4) is 5.75 Å². The average molecular weight is 292 g/mol. The molecule has 2 rings (SSSR count). The summed E-state index contributed by atoms with van der Waals surface area (Å²) in [5, 5.41) is 9.07. The molecule has 1 aromatic rings. The van der Waals surface area contributed by atoms with Crippen molar-refractivity contribution >= 4 is 11.9 Å². The number of hydrogen-bond acceptors (Lipinski definition) is 4. The first-order valence-electron chi connectivity index (χ1n) is 7.23. The first-order valence-corrected chi connectivity index (χ1v) is 7.23. The number of ether oxygens (including phenoxy) is 1. The molecule has 0 spiro atoms. The highest BCUT2D eigenvalue weighted by molar-refractivity contribution is 5.88. The number of carboxylic acid groups (broad SMARTS) is 1. The third kappa shape index (κ3) is 3.93. The number of amides is 1. The fraction of sp³-hybridized carbons (Fsp3) is 0.533. The Kier molecular flexibility index (Phi) is 5.14. The fourth-order valence-electron chi connectivity index (χ4n) is 2.44. The molecule has 1 saturated heterocycles. The largest absolute Gasteiger partial charge is 0.478 e. The molecule has 6 heteroatoms.